The molecule has 0 unspecified atom stereocenters. The van der Waals surface area contributed by atoms with Gasteiger partial charge in [-0.3, -0.25) is 4.57 Å². The summed E-state index contributed by atoms with van der Waals surface area (Å²) in [4.78, 5) is 13.3. The molecule has 25 heavy (non-hydrogen) atoms. The molecule has 3 rings (SSSR count). The normalized spacial score (nSPS) is 10.5. The number of anilines is 1. The molecule has 0 spiro atoms. The molecule has 0 aliphatic carbocycles. The number of imidazole rings is 1. The van der Waals surface area contributed by atoms with Gasteiger partial charge in [0.1, 0.15) is 6.73 Å². The monoisotopic (exact) mass is 337 g/mol. The van der Waals surface area contributed by atoms with Crippen molar-refractivity contribution in [2.24, 2.45) is 0 Å². The SMILES string of the molecule is CNc1nc(C#Cc2ccccc2)nc2c1ncn2COCCOC. The molecule has 7 nitrogen and oxygen atoms in total. The van der Waals surface area contributed by atoms with Crippen molar-refractivity contribution in [2.45, 2.75) is 6.73 Å². The third kappa shape index (κ3) is 4.12. The van der Waals surface area contributed by atoms with Gasteiger partial charge in [0.25, 0.3) is 0 Å². The second-order valence-corrected chi connectivity index (χ2v) is 5.18. The van der Waals surface area contributed by atoms with Crippen LogP contribution in [0, 0.1) is 11.8 Å². The largest absolute Gasteiger partial charge is 0.382 e. The smallest absolute Gasteiger partial charge is 0.209 e. The van der Waals surface area contributed by atoms with Crippen molar-refractivity contribution in [3.8, 4) is 11.8 Å². The van der Waals surface area contributed by atoms with E-state index in [1.165, 1.54) is 0 Å². The molecule has 0 radical (unpaired) electrons. The van der Waals surface area contributed by atoms with Crippen molar-refractivity contribution in [2.75, 3.05) is 32.7 Å². The lowest BCUT2D eigenvalue weighted by Crippen LogP contribution is -2.08. The number of hydrogen-bond acceptors (Lipinski definition) is 6. The van der Waals surface area contributed by atoms with E-state index in [9.17, 15) is 0 Å². The van der Waals surface area contributed by atoms with Crippen LogP contribution in [0.4, 0.5) is 5.82 Å². The average molecular weight is 337 g/mol. The van der Waals surface area contributed by atoms with Crippen molar-refractivity contribution in [1.29, 1.82) is 0 Å². The second-order valence-electron chi connectivity index (χ2n) is 5.18. The zero-order valence-electron chi connectivity index (χ0n) is 14.2. The summed E-state index contributed by atoms with van der Waals surface area (Å²) >= 11 is 0. The molecule has 2 heterocycles. The van der Waals surface area contributed by atoms with Crippen molar-refractivity contribution in [1.82, 2.24) is 19.5 Å². The Hall–Kier alpha value is -2.95. The fourth-order valence-electron chi connectivity index (χ4n) is 2.22. The molecular weight excluding hydrogens is 318 g/mol. The Bertz CT molecular complexity index is 896. The Labute approximate surface area is 146 Å². The van der Waals surface area contributed by atoms with Crippen LogP contribution < -0.4 is 5.32 Å². The molecular formula is C18H19N5O2. The van der Waals surface area contributed by atoms with Gasteiger partial charge in [-0.15, -0.1) is 0 Å². The highest BCUT2D eigenvalue weighted by Crippen LogP contribution is 2.18. The summed E-state index contributed by atoms with van der Waals surface area (Å²) in [7, 11) is 3.43. The van der Waals surface area contributed by atoms with E-state index in [0.29, 0.717) is 42.8 Å². The molecule has 0 fully saturated rings. The predicted molar refractivity (Wildman–Crippen MR) is 95.1 cm³/mol. The fourth-order valence-corrected chi connectivity index (χ4v) is 2.22. The molecule has 0 amide bonds. The summed E-state index contributed by atoms with van der Waals surface area (Å²) in [5, 5.41) is 3.04. The van der Waals surface area contributed by atoms with Crippen LogP contribution in [-0.2, 0) is 16.2 Å². The average Bonchev–Trinajstić information content (AvgIpc) is 3.07. The Morgan fingerprint density at radius 1 is 1.12 bits per heavy atom. The Morgan fingerprint density at radius 2 is 1.96 bits per heavy atom. The minimum Gasteiger partial charge on any atom is -0.382 e. The lowest BCUT2D eigenvalue weighted by atomic mass is 10.2. The van der Waals surface area contributed by atoms with E-state index >= 15 is 0 Å². The molecule has 1 aromatic carbocycles. The highest BCUT2D eigenvalue weighted by Gasteiger charge is 2.11. The molecule has 2 aromatic heterocycles. The molecule has 0 aliphatic rings. The number of nitrogens with zero attached hydrogens (tertiary/aromatic N) is 4. The quantitative estimate of drug-likeness (QED) is 0.547. The van der Waals surface area contributed by atoms with Crippen LogP contribution in [0.1, 0.15) is 11.4 Å². The summed E-state index contributed by atoms with van der Waals surface area (Å²) < 4.78 is 12.3. The number of ether oxygens (including phenoxy) is 2. The van der Waals surface area contributed by atoms with E-state index in [-0.39, 0.29) is 0 Å². The van der Waals surface area contributed by atoms with Crippen LogP contribution in [0.5, 0.6) is 0 Å². The maximum atomic E-state index is 5.55. The van der Waals surface area contributed by atoms with Gasteiger partial charge in [0, 0.05) is 19.7 Å². The molecule has 7 heteroatoms. The molecule has 3 aromatic rings. The number of aromatic nitrogens is 4. The molecule has 0 saturated carbocycles. The number of methoxy groups -OCH3 is 1. The highest BCUT2D eigenvalue weighted by molar-refractivity contribution is 5.83. The molecule has 1 N–H and O–H groups in total. The maximum absolute atomic E-state index is 5.55. The molecule has 128 valence electrons. The molecule has 0 saturated heterocycles. The third-order valence-electron chi connectivity index (χ3n) is 3.46. The predicted octanol–water partition coefficient (Wildman–Crippen LogP) is 1.89. The van der Waals surface area contributed by atoms with E-state index in [0.717, 1.165) is 5.56 Å². The van der Waals surface area contributed by atoms with Crippen molar-refractivity contribution < 1.29 is 9.47 Å². The van der Waals surface area contributed by atoms with Gasteiger partial charge >= 0.3 is 0 Å². The van der Waals surface area contributed by atoms with Gasteiger partial charge in [-0.05, 0) is 18.1 Å². The fraction of sp³-hybridized carbons (Fsp3) is 0.278. The number of benzene rings is 1. The first-order chi connectivity index (χ1) is 12.3. The first-order valence-electron chi connectivity index (χ1n) is 7.86. The summed E-state index contributed by atoms with van der Waals surface area (Å²) in [6, 6.07) is 9.73. The summed E-state index contributed by atoms with van der Waals surface area (Å²) in [6.45, 7) is 1.38. The van der Waals surface area contributed by atoms with Crippen molar-refractivity contribution in [3.05, 3.63) is 48.0 Å². The van der Waals surface area contributed by atoms with E-state index < -0.39 is 0 Å². The van der Waals surface area contributed by atoms with Crippen LogP contribution in [0.3, 0.4) is 0 Å². The number of nitrogens with one attached hydrogen (secondary N) is 1. The summed E-state index contributed by atoms with van der Waals surface area (Å²) in [5.74, 6) is 7.14. The summed E-state index contributed by atoms with van der Waals surface area (Å²) in [5.41, 5.74) is 2.27. The lowest BCUT2D eigenvalue weighted by molar-refractivity contribution is 0.0356. The van der Waals surface area contributed by atoms with E-state index in [4.69, 9.17) is 9.47 Å². The lowest BCUT2D eigenvalue weighted by Gasteiger charge is -2.06. The van der Waals surface area contributed by atoms with Crippen LogP contribution in [-0.4, -0.2) is 46.9 Å². The van der Waals surface area contributed by atoms with Gasteiger partial charge in [0.15, 0.2) is 17.0 Å². The maximum Gasteiger partial charge on any atom is 0.209 e. The van der Waals surface area contributed by atoms with Crippen LogP contribution in [0.25, 0.3) is 11.2 Å². The first kappa shape index (κ1) is 16.9. The molecule has 0 atom stereocenters. The second kappa shape index (κ2) is 8.24. The van der Waals surface area contributed by atoms with Crippen molar-refractivity contribution in [3.63, 3.8) is 0 Å². The van der Waals surface area contributed by atoms with Gasteiger partial charge in [-0.2, -0.15) is 0 Å². The zero-order valence-corrected chi connectivity index (χ0v) is 14.2. The van der Waals surface area contributed by atoms with Crippen LogP contribution >= 0.6 is 0 Å². The van der Waals surface area contributed by atoms with Crippen LogP contribution in [0.15, 0.2) is 36.7 Å². The number of fused-ring (bicyclic) bond motifs is 1. The molecule has 0 bridgehead atoms. The van der Waals surface area contributed by atoms with Crippen LogP contribution in [0.2, 0.25) is 0 Å². The van der Waals surface area contributed by atoms with E-state index in [2.05, 4.69) is 32.1 Å². The van der Waals surface area contributed by atoms with E-state index in [1.54, 1.807) is 20.5 Å². The zero-order chi connectivity index (χ0) is 17.5. The highest BCUT2D eigenvalue weighted by atomic mass is 16.5. The van der Waals surface area contributed by atoms with Gasteiger partial charge in [0.2, 0.25) is 5.82 Å². The Morgan fingerprint density at radius 3 is 2.72 bits per heavy atom. The number of rotatable bonds is 6. The minimum absolute atomic E-state index is 0.339. The Balaban J connectivity index is 1.90. The third-order valence-corrected chi connectivity index (χ3v) is 3.46. The standard InChI is InChI=1S/C18H19N5O2/c1-19-17-16-18(23(12-20-16)13-25-11-10-24-2)22-15(21-17)9-8-14-6-4-3-5-7-14/h3-7,12H,10-11,13H2,1-2H3,(H,19,21,22). The topological polar surface area (TPSA) is 74.1 Å². The van der Waals surface area contributed by atoms with E-state index in [1.807, 2.05) is 34.9 Å². The minimum atomic E-state index is 0.339. The number of hydrogen-bond donors (Lipinski definition) is 1. The summed E-state index contributed by atoms with van der Waals surface area (Å²) in [6.07, 6.45) is 1.68. The van der Waals surface area contributed by atoms with Gasteiger partial charge in [-0.1, -0.05) is 24.1 Å². The van der Waals surface area contributed by atoms with Gasteiger partial charge < -0.3 is 14.8 Å². The first-order valence-corrected chi connectivity index (χ1v) is 7.86. The van der Waals surface area contributed by atoms with Gasteiger partial charge in [-0.25, -0.2) is 15.0 Å². The Kier molecular flexibility index (Phi) is 5.57. The van der Waals surface area contributed by atoms with Crippen molar-refractivity contribution >= 4 is 17.0 Å². The van der Waals surface area contributed by atoms with Gasteiger partial charge in [0.05, 0.1) is 19.5 Å². The molecule has 0 aliphatic heterocycles.